The summed E-state index contributed by atoms with van der Waals surface area (Å²) in [7, 11) is 0. The number of carbonyl (C=O) groups excluding carboxylic acids is 2. The number of pyridine rings is 1. The maximum absolute atomic E-state index is 12.5. The van der Waals surface area contributed by atoms with Gasteiger partial charge in [-0.1, -0.05) is 6.07 Å². The first-order valence-electron chi connectivity index (χ1n) is 9.32. The molecule has 2 aliphatic heterocycles. The van der Waals surface area contributed by atoms with E-state index in [2.05, 4.69) is 22.0 Å². The van der Waals surface area contributed by atoms with Gasteiger partial charge in [-0.25, -0.2) is 0 Å². The van der Waals surface area contributed by atoms with Gasteiger partial charge in [-0.2, -0.15) is 0 Å². The van der Waals surface area contributed by atoms with Gasteiger partial charge in [0, 0.05) is 57.0 Å². The minimum Gasteiger partial charge on any atom is -0.340 e. The van der Waals surface area contributed by atoms with Crippen LogP contribution in [0.25, 0.3) is 0 Å². The van der Waals surface area contributed by atoms with Gasteiger partial charge in [0.2, 0.25) is 11.8 Å². The molecule has 2 fully saturated rings. The zero-order chi connectivity index (χ0) is 17.6. The molecule has 0 aromatic carbocycles. The summed E-state index contributed by atoms with van der Waals surface area (Å²) in [6.45, 7) is 7.43. The zero-order valence-electron chi connectivity index (χ0n) is 15.1. The average molecular weight is 344 g/mol. The van der Waals surface area contributed by atoms with Crippen LogP contribution >= 0.6 is 0 Å². The minimum atomic E-state index is 0.0949. The van der Waals surface area contributed by atoms with Crippen LogP contribution in [-0.2, 0) is 16.0 Å². The Balaban J connectivity index is 1.45. The predicted molar refractivity (Wildman–Crippen MR) is 96.1 cm³/mol. The Labute approximate surface area is 149 Å². The number of aromatic nitrogens is 1. The topological polar surface area (TPSA) is 56.8 Å². The molecule has 1 aromatic rings. The first kappa shape index (κ1) is 17.9. The number of rotatable bonds is 5. The fraction of sp³-hybridized carbons (Fsp3) is 0.632. The van der Waals surface area contributed by atoms with Gasteiger partial charge in [0.05, 0.1) is 6.54 Å². The monoisotopic (exact) mass is 344 g/mol. The zero-order valence-corrected chi connectivity index (χ0v) is 15.1. The van der Waals surface area contributed by atoms with Crippen molar-refractivity contribution in [3.8, 4) is 0 Å². The Bertz CT molecular complexity index is 619. The second kappa shape index (κ2) is 8.43. The van der Waals surface area contributed by atoms with E-state index >= 15 is 0 Å². The van der Waals surface area contributed by atoms with E-state index in [-0.39, 0.29) is 18.4 Å². The van der Waals surface area contributed by atoms with Crippen LogP contribution < -0.4 is 0 Å². The lowest BCUT2D eigenvalue weighted by atomic mass is 10.2. The third-order valence-corrected chi connectivity index (χ3v) is 5.07. The van der Waals surface area contributed by atoms with Crippen molar-refractivity contribution in [2.45, 2.75) is 32.6 Å². The molecule has 0 saturated carbocycles. The summed E-state index contributed by atoms with van der Waals surface area (Å²) in [5.41, 5.74) is 2.19. The van der Waals surface area contributed by atoms with E-state index in [0.29, 0.717) is 6.42 Å². The molecular weight excluding hydrogens is 316 g/mol. The van der Waals surface area contributed by atoms with Crippen molar-refractivity contribution >= 4 is 11.8 Å². The standard InChI is InChI=1S/C19H28N4O2/c1-16-5-2-6-17(20-16)8-12-21-9-4-11-22(14-13-21)19(25)15-23-10-3-7-18(23)24/h2,5-6H,3-4,7-15H2,1H3. The van der Waals surface area contributed by atoms with Gasteiger partial charge in [-0.15, -0.1) is 0 Å². The van der Waals surface area contributed by atoms with Crippen LogP contribution in [0.4, 0.5) is 0 Å². The molecule has 25 heavy (non-hydrogen) atoms. The van der Waals surface area contributed by atoms with Crippen molar-refractivity contribution < 1.29 is 9.59 Å². The van der Waals surface area contributed by atoms with E-state index in [0.717, 1.165) is 69.9 Å². The molecule has 0 unspecified atom stereocenters. The fourth-order valence-corrected chi connectivity index (χ4v) is 3.59. The van der Waals surface area contributed by atoms with Gasteiger partial charge >= 0.3 is 0 Å². The van der Waals surface area contributed by atoms with Gasteiger partial charge in [0.1, 0.15) is 0 Å². The second-order valence-electron chi connectivity index (χ2n) is 7.02. The van der Waals surface area contributed by atoms with Crippen LogP contribution in [0.3, 0.4) is 0 Å². The fourth-order valence-electron chi connectivity index (χ4n) is 3.59. The Morgan fingerprint density at radius 1 is 1.12 bits per heavy atom. The van der Waals surface area contributed by atoms with Gasteiger partial charge in [0.25, 0.3) is 0 Å². The maximum atomic E-state index is 12.5. The molecule has 3 rings (SSSR count). The highest BCUT2D eigenvalue weighted by atomic mass is 16.2. The van der Waals surface area contributed by atoms with Gasteiger partial charge in [-0.05, 0) is 38.4 Å². The van der Waals surface area contributed by atoms with Crippen LogP contribution in [0.2, 0.25) is 0 Å². The van der Waals surface area contributed by atoms with Crippen LogP contribution in [0.15, 0.2) is 18.2 Å². The lowest BCUT2D eigenvalue weighted by Gasteiger charge is -2.24. The quantitative estimate of drug-likeness (QED) is 0.802. The Hall–Kier alpha value is -1.95. The lowest BCUT2D eigenvalue weighted by Crippen LogP contribution is -2.42. The van der Waals surface area contributed by atoms with E-state index in [1.165, 1.54) is 0 Å². The number of hydrogen-bond donors (Lipinski definition) is 0. The molecule has 2 aliphatic rings. The molecule has 1 aromatic heterocycles. The molecule has 2 saturated heterocycles. The molecular formula is C19H28N4O2. The molecule has 136 valence electrons. The number of carbonyl (C=O) groups is 2. The maximum Gasteiger partial charge on any atom is 0.242 e. The van der Waals surface area contributed by atoms with Crippen LogP contribution in [0.1, 0.15) is 30.7 Å². The smallest absolute Gasteiger partial charge is 0.242 e. The molecule has 3 heterocycles. The van der Waals surface area contributed by atoms with Gasteiger partial charge in [-0.3, -0.25) is 14.6 Å². The van der Waals surface area contributed by atoms with E-state index in [9.17, 15) is 9.59 Å². The molecule has 0 spiro atoms. The third-order valence-electron chi connectivity index (χ3n) is 5.07. The Morgan fingerprint density at radius 3 is 2.76 bits per heavy atom. The van der Waals surface area contributed by atoms with Crippen LogP contribution in [0, 0.1) is 6.92 Å². The molecule has 0 bridgehead atoms. The molecule has 6 heteroatoms. The number of hydrogen-bond acceptors (Lipinski definition) is 4. The molecule has 0 radical (unpaired) electrons. The summed E-state index contributed by atoms with van der Waals surface area (Å²) < 4.78 is 0. The lowest BCUT2D eigenvalue weighted by molar-refractivity contribution is -0.138. The first-order chi connectivity index (χ1) is 12.1. The average Bonchev–Trinajstić information content (AvgIpc) is 2.85. The second-order valence-corrected chi connectivity index (χ2v) is 7.02. The number of amides is 2. The first-order valence-corrected chi connectivity index (χ1v) is 9.32. The molecule has 2 amide bonds. The predicted octanol–water partition coefficient (Wildman–Crippen LogP) is 1.09. The normalized spacial score (nSPS) is 19.3. The molecule has 0 atom stereocenters. The highest BCUT2D eigenvalue weighted by Gasteiger charge is 2.26. The number of likely N-dealkylation sites (tertiary alicyclic amines) is 1. The van der Waals surface area contributed by atoms with Gasteiger partial charge < -0.3 is 14.7 Å². The van der Waals surface area contributed by atoms with Crippen LogP contribution in [-0.4, -0.2) is 77.3 Å². The molecule has 6 nitrogen and oxygen atoms in total. The summed E-state index contributed by atoms with van der Waals surface area (Å²) in [6, 6.07) is 6.15. The van der Waals surface area contributed by atoms with E-state index in [4.69, 9.17) is 0 Å². The SMILES string of the molecule is Cc1cccc(CCN2CCCN(C(=O)CN3CCCC3=O)CC2)n1. The van der Waals surface area contributed by atoms with Crippen LogP contribution in [0.5, 0.6) is 0 Å². The van der Waals surface area contributed by atoms with E-state index < -0.39 is 0 Å². The molecule has 0 aliphatic carbocycles. The summed E-state index contributed by atoms with van der Waals surface area (Å²) >= 11 is 0. The summed E-state index contributed by atoms with van der Waals surface area (Å²) in [5.74, 6) is 0.216. The van der Waals surface area contributed by atoms with E-state index in [1.54, 1.807) is 4.90 Å². The van der Waals surface area contributed by atoms with Crippen molar-refractivity contribution in [2.24, 2.45) is 0 Å². The number of nitrogens with zero attached hydrogens (tertiary/aromatic N) is 4. The van der Waals surface area contributed by atoms with E-state index in [1.807, 2.05) is 17.9 Å². The summed E-state index contributed by atoms with van der Waals surface area (Å²) in [4.78, 5) is 34.8. The van der Waals surface area contributed by atoms with Crippen molar-refractivity contribution in [1.82, 2.24) is 19.7 Å². The Morgan fingerprint density at radius 2 is 2.00 bits per heavy atom. The molecule has 0 N–H and O–H groups in total. The van der Waals surface area contributed by atoms with Gasteiger partial charge in [0.15, 0.2) is 0 Å². The largest absolute Gasteiger partial charge is 0.340 e. The number of aryl methyl sites for hydroxylation is 1. The highest BCUT2D eigenvalue weighted by molar-refractivity contribution is 5.85. The van der Waals surface area contributed by atoms with Crippen molar-refractivity contribution in [3.05, 3.63) is 29.6 Å². The minimum absolute atomic E-state index is 0.0949. The van der Waals surface area contributed by atoms with Crippen molar-refractivity contribution in [2.75, 3.05) is 45.8 Å². The third kappa shape index (κ3) is 5.01. The highest BCUT2D eigenvalue weighted by Crippen LogP contribution is 2.11. The van der Waals surface area contributed by atoms with Crippen molar-refractivity contribution in [3.63, 3.8) is 0 Å². The Kier molecular flexibility index (Phi) is 6.02. The summed E-state index contributed by atoms with van der Waals surface area (Å²) in [6.07, 6.45) is 3.40. The summed E-state index contributed by atoms with van der Waals surface area (Å²) in [5, 5.41) is 0. The van der Waals surface area contributed by atoms with Crippen molar-refractivity contribution in [1.29, 1.82) is 0 Å².